The number of aromatic nitrogens is 1. The van der Waals surface area contributed by atoms with Gasteiger partial charge in [0.2, 0.25) is 10.9 Å². The van der Waals surface area contributed by atoms with Crippen LogP contribution in [0.2, 0.25) is 0 Å². The molecule has 2 atom stereocenters. The highest BCUT2D eigenvalue weighted by molar-refractivity contribution is 7.22. The third kappa shape index (κ3) is 2.25. The molecule has 1 N–H and O–H groups in total. The van der Waals surface area contributed by atoms with Crippen LogP contribution in [0.5, 0.6) is 0 Å². The molecule has 1 saturated carbocycles. The van der Waals surface area contributed by atoms with Gasteiger partial charge in [-0.1, -0.05) is 36.3 Å². The summed E-state index contributed by atoms with van der Waals surface area (Å²) in [5.41, 5.74) is -0.867. The first-order valence-corrected chi connectivity index (χ1v) is 8.66. The van der Waals surface area contributed by atoms with Crippen molar-refractivity contribution in [3.63, 3.8) is 0 Å². The van der Waals surface area contributed by atoms with E-state index in [9.17, 15) is 13.9 Å². The fourth-order valence-electron chi connectivity index (χ4n) is 3.50. The van der Waals surface area contributed by atoms with Crippen LogP contribution in [0, 0.1) is 5.92 Å². The van der Waals surface area contributed by atoms with Gasteiger partial charge in [0.15, 0.2) is 0 Å². The molecule has 1 aliphatic heterocycles. The number of alkyl halides is 2. The van der Waals surface area contributed by atoms with E-state index in [4.69, 9.17) is 0 Å². The van der Waals surface area contributed by atoms with E-state index in [1.807, 2.05) is 24.3 Å². The van der Waals surface area contributed by atoms with E-state index in [-0.39, 0.29) is 0 Å². The van der Waals surface area contributed by atoms with Crippen LogP contribution in [0.3, 0.4) is 0 Å². The van der Waals surface area contributed by atoms with Crippen molar-refractivity contribution in [3.05, 3.63) is 24.3 Å². The summed E-state index contributed by atoms with van der Waals surface area (Å²) in [6, 6.07) is 7.45. The van der Waals surface area contributed by atoms with Gasteiger partial charge in [0.25, 0.3) is 6.43 Å². The van der Waals surface area contributed by atoms with Crippen LogP contribution < -0.4 is 5.01 Å². The third-order valence-corrected chi connectivity index (χ3v) is 5.71. The van der Waals surface area contributed by atoms with Gasteiger partial charge in [0, 0.05) is 5.71 Å². The predicted molar refractivity (Wildman–Crippen MR) is 87.1 cm³/mol. The largest absolute Gasteiger partial charge is 0.364 e. The molecule has 4 rings (SSSR count). The van der Waals surface area contributed by atoms with Crippen molar-refractivity contribution in [2.45, 2.75) is 44.3 Å². The molecule has 0 saturated heterocycles. The van der Waals surface area contributed by atoms with Crippen LogP contribution in [0.15, 0.2) is 29.4 Å². The van der Waals surface area contributed by atoms with E-state index >= 15 is 0 Å². The van der Waals surface area contributed by atoms with Crippen molar-refractivity contribution < 1.29 is 13.9 Å². The summed E-state index contributed by atoms with van der Waals surface area (Å²) in [7, 11) is 0. The summed E-state index contributed by atoms with van der Waals surface area (Å²) in [4.78, 5) is 4.40. The van der Waals surface area contributed by atoms with Crippen LogP contribution in [0.4, 0.5) is 13.9 Å². The standard InChI is InChI=1S/C16H17F2N3OS/c17-14(18)16(22)10-6-2-1-3-7-11(10)20-21(16)15-19-12-8-4-5-9-13(12)23-15/h4-5,8-10,14,22H,1-3,6-7H2/t10-,16-/m1/s1. The lowest BCUT2D eigenvalue weighted by molar-refractivity contribution is -0.113. The van der Waals surface area contributed by atoms with E-state index in [1.165, 1.54) is 11.3 Å². The minimum Gasteiger partial charge on any atom is -0.364 e. The number of aliphatic hydroxyl groups is 1. The average molecular weight is 337 g/mol. The molecule has 0 amide bonds. The second kappa shape index (κ2) is 5.49. The van der Waals surface area contributed by atoms with Crippen molar-refractivity contribution in [2.24, 2.45) is 11.0 Å². The minimum absolute atomic E-state index is 0.328. The summed E-state index contributed by atoms with van der Waals surface area (Å²) in [6.45, 7) is 0. The number of thiazole rings is 1. The van der Waals surface area contributed by atoms with Crippen molar-refractivity contribution in [3.8, 4) is 0 Å². The Balaban J connectivity index is 1.81. The Morgan fingerprint density at radius 1 is 1.26 bits per heavy atom. The zero-order valence-electron chi connectivity index (χ0n) is 12.5. The van der Waals surface area contributed by atoms with E-state index in [0.717, 1.165) is 34.5 Å². The fraction of sp³-hybridized carbons (Fsp3) is 0.500. The summed E-state index contributed by atoms with van der Waals surface area (Å²) >= 11 is 1.28. The molecule has 122 valence electrons. The Morgan fingerprint density at radius 2 is 2.09 bits per heavy atom. The predicted octanol–water partition coefficient (Wildman–Crippen LogP) is 4.01. The molecule has 2 heterocycles. The van der Waals surface area contributed by atoms with Gasteiger partial charge in [0.1, 0.15) is 0 Å². The van der Waals surface area contributed by atoms with Gasteiger partial charge < -0.3 is 5.11 Å². The number of fused-ring (bicyclic) bond motifs is 2. The molecule has 23 heavy (non-hydrogen) atoms. The maximum absolute atomic E-state index is 13.8. The second-order valence-electron chi connectivity index (χ2n) is 6.10. The molecule has 1 aromatic heterocycles. The highest BCUT2D eigenvalue weighted by Crippen LogP contribution is 2.45. The third-order valence-electron chi connectivity index (χ3n) is 4.69. The quantitative estimate of drug-likeness (QED) is 0.901. The number of para-hydroxylation sites is 1. The van der Waals surface area contributed by atoms with E-state index in [0.29, 0.717) is 23.7 Å². The van der Waals surface area contributed by atoms with Gasteiger partial charge in [-0.2, -0.15) is 5.10 Å². The summed E-state index contributed by atoms with van der Waals surface area (Å²) in [5, 5.41) is 16.6. The number of nitrogens with zero attached hydrogens (tertiary/aromatic N) is 3. The number of rotatable bonds is 2. The molecular formula is C16H17F2N3OS. The molecule has 1 fully saturated rings. The summed E-state index contributed by atoms with van der Waals surface area (Å²) < 4.78 is 28.6. The normalized spacial score (nSPS) is 28.1. The Hall–Kier alpha value is -1.60. The highest BCUT2D eigenvalue weighted by atomic mass is 32.1. The molecular weight excluding hydrogens is 320 g/mol. The van der Waals surface area contributed by atoms with Crippen LogP contribution in [0.1, 0.15) is 32.1 Å². The topological polar surface area (TPSA) is 48.7 Å². The summed E-state index contributed by atoms with van der Waals surface area (Å²) in [6.07, 6.45) is 1.08. The maximum Gasteiger partial charge on any atom is 0.287 e. The van der Waals surface area contributed by atoms with Crippen LogP contribution >= 0.6 is 11.3 Å². The average Bonchev–Trinajstić information content (AvgIpc) is 2.98. The van der Waals surface area contributed by atoms with Crippen LogP contribution in [-0.2, 0) is 0 Å². The maximum atomic E-state index is 13.8. The first-order valence-electron chi connectivity index (χ1n) is 7.84. The highest BCUT2D eigenvalue weighted by Gasteiger charge is 2.57. The van der Waals surface area contributed by atoms with E-state index in [1.54, 1.807) is 0 Å². The lowest BCUT2D eigenvalue weighted by Crippen LogP contribution is -2.54. The molecule has 1 aliphatic carbocycles. The van der Waals surface area contributed by atoms with Crippen LogP contribution in [-0.4, -0.2) is 28.0 Å². The van der Waals surface area contributed by atoms with Gasteiger partial charge in [0.05, 0.1) is 16.1 Å². The number of hydrogen-bond acceptors (Lipinski definition) is 5. The fourth-order valence-corrected chi connectivity index (χ4v) is 4.48. The Bertz CT molecular complexity index is 730. The molecule has 0 unspecified atom stereocenters. The number of hydrazone groups is 1. The van der Waals surface area contributed by atoms with Gasteiger partial charge in [-0.25, -0.2) is 18.8 Å². The molecule has 2 aliphatic rings. The lowest BCUT2D eigenvalue weighted by atomic mass is 9.88. The first-order chi connectivity index (χ1) is 11.1. The molecule has 0 bridgehead atoms. The Kier molecular flexibility index (Phi) is 3.57. The molecule has 4 nitrogen and oxygen atoms in total. The molecule has 7 heteroatoms. The minimum atomic E-state index is -2.90. The number of halogens is 2. The zero-order valence-corrected chi connectivity index (χ0v) is 13.3. The zero-order chi connectivity index (χ0) is 16.0. The number of benzene rings is 1. The van der Waals surface area contributed by atoms with Gasteiger partial charge in [-0.15, -0.1) is 0 Å². The van der Waals surface area contributed by atoms with Crippen molar-refractivity contribution >= 4 is 32.4 Å². The monoisotopic (exact) mass is 337 g/mol. The lowest BCUT2D eigenvalue weighted by Gasteiger charge is -2.34. The van der Waals surface area contributed by atoms with Gasteiger partial charge in [-0.05, 0) is 31.4 Å². The Labute approximate surface area is 136 Å². The summed E-state index contributed by atoms with van der Waals surface area (Å²) in [5.74, 6) is -0.614. The SMILES string of the molecule is O[C@@]1(C(F)F)[C@@H]2CCCCCC2=NN1c1nc2ccccc2s1. The molecule has 1 aromatic carbocycles. The Morgan fingerprint density at radius 3 is 2.87 bits per heavy atom. The van der Waals surface area contributed by atoms with E-state index in [2.05, 4.69) is 10.1 Å². The first kappa shape index (κ1) is 15.0. The van der Waals surface area contributed by atoms with Crippen molar-refractivity contribution in [2.75, 3.05) is 5.01 Å². The van der Waals surface area contributed by atoms with E-state index < -0.39 is 18.1 Å². The second-order valence-corrected chi connectivity index (χ2v) is 7.11. The van der Waals surface area contributed by atoms with Crippen LogP contribution in [0.25, 0.3) is 10.2 Å². The van der Waals surface area contributed by atoms with Crippen molar-refractivity contribution in [1.82, 2.24) is 4.98 Å². The van der Waals surface area contributed by atoms with Gasteiger partial charge in [-0.3, -0.25) is 0 Å². The molecule has 0 radical (unpaired) electrons. The molecule has 2 aromatic rings. The number of anilines is 1. The number of hydrogen-bond donors (Lipinski definition) is 1. The smallest absolute Gasteiger partial charge is 0.287 e. The van der Waals surface area contributed by atoms with Gasteiger partial charge >= 0.3 is 0 Å². The molecule has 0 spiro atoms. The van der Waals surface area contributed by atoms with Crippen molar-refractivity contribution in [1.29, 1.82) is 0 Å².